The van der Waals surface area contributed by atoms with Crippen molar-refractivity contribution in [3.8, 4) is 0 Å². The second-order valence-electron chi connectivity index (χ2n) is 2.90. The van der Waals surface area contributed by atoms with Gasteiger partial charge in [-0.15, -0.1) is 0 Å². The van der Waals surface area contributed by atoms with Gasteiger partial charge >= 0.3 is 0 Å². The van der Waals surface area contributed by atoms with Crippen LogP contribution in [0.1, 0.15) is 25.7 Å². The van der Waals surface area contributed by atoms with Crippen molar-refractivity contribution in [3.63, 3.8) is 0 Å². The van der Waals surface area contributed by atoms with E-state index in [1.54, 1.807) is 14.2 Å². The summed E-state index contributed by atoms with van der Waals surface area (Å²) < 4.78 is 10.2. The maximum atomic E-state index is 5.11. The molecule has 0 atom stereocenters. The van der Waals surface area contributed by atoms with E-state index in [9.17, 15) is 0 Å². The fourth-order valence-electron chi connectivity index (χ4n) is 1.07. The minimum absolute atomic E-state index is 0.0184. The zero-order valence-electron chi connectivity index (χ0n) is 8.58. The van der Waals surface area contributed by atoms with Crippen molar-refractivity contribution < 1.29 is 9.47 Å². The van der Waals surface area contributed by atoms with Crippen LogP contribution in [0.15, 0.2) is 0 Å². The number of methoxy groups -OCH3 is 2. The Kier molecular flexibility index (Phi) is 11.0. The van der Waals surface area contributed by atoms with E-state index in [1.165, 1.54) is 31.7 Å². The van der Waals surface area contributed by atoms with Crippen LogP contribution in [-0.4, -0.2) is 35.4 Å². The molecule has 0 amide bonds. The molecule has 13 heavy (non-hydrogen) atoms. The van der Waals surface area contributed by atoms with Crippen LogP contribution in [0.4, 0.5) is 0 Å². The Balaban J connectivity index is 3.05. The summed E-state index contributed by atoms with van der Waals surface area (Å²) >= 11 is 4.17. The van der Waals surface area contributed by atoms with E-state index < -0.39 is 0 Å². The zero-order chi connectivity index (χ0) is 9.94. The van der Waals surface area contributed by atoms with Crippen LogP contribution in [0.3, 0.4) is 0 Å². The van der Waals surface area contributed by atoms with Gasteiger partial charge in [-0.1, -0.05) is 25.3 Å². The van der Waals surface area contributed by atoms with E-state index in [0.29, 0.717) is 0 Å². The molecule has 2 radical (unpaired) electrons. The topological polar surface area (TPSA) is 18.5 Å². The first-order valence-electron chi connectivity index (χ1n) is 4.75. The molecule has 0 unspecified atom stereocenters. The first-order valence-corrected chi connectivity index (χ1v) is 6.66. The monoisotopic (exact) mass is 220 g/mol. The molecule has 0 saturated heterocycles. The number of thiol groups is 1. The maximum absolute atomic E-state index is 5.11. The van der Waals surface area contributed by atoms with E-state index in [0.717, 1.165) is 15.3 Å². The van der Waals surface area contributed by atoms with Gasteiger partial charge in [-0.3, -0.25) is 0 Å². The van der Waals surface area contributed by atoms with Crippen molar-refractivity contribution in [2.45, 2.75) is 37.6 Å². The van der Waals surface area contributed by atoms with Gasteiger partial charge < -0.3 is 9.47 Å². The Hall–Kier alpha value is 0.487. The second kappa shape index (κ2) is 10.6. The van der Waals surface area contributed by atoms with E-state index in [2.05, 4.69) is 12.6 Å². The molecule has 0 aliphatic carbocycles. The summed E-state index contributed by atoms with van der Waals surface area (Å²) in [5.41, 5.74) is 0. The van der Waals surface area contributed by atoms with E-state index >= 15 is 0 Å². The highest BCUT2D eigenvalue weighted by molar-refractivity contribution is 7.80. The number of hydrogen-bond donors (Lipinski definition) is 1. The summed E-state index contributed by atoms with van der Waals surface area (Å²) in [5.74, 6) is 1.03. The Morgan fingerprint density at radius 1 is 1.08 bits per heavy atom. The molecule has 4 heteroatoms. The maximum Gasteiger partial charge on any atom is 0.136 e. The quantitative estimate of drug-likeness (QED) is 0.278. The van der Waals surface area contributed by atoms with Crippen LogP contribution in [0.2, 0.25) is 6.04 Å². The third-order valence-corrected chi connectivity index (χ3v) is 3.59. The third kappa shape index (κ3) is 8.81. The van der Waals surface area contributed by atoms with Gasteiger partial charge in [-0.05, 0) is 12.2 Å². The Bertz CT molecular complexity index is 99.6. The molecule has 0 heterocycles. The Morgan fingerprint density at radius 2 is 1.69 bits per heavy atom. The molecule has 0 aromatic carbocycles. The summed E-state index contributed by atoms with van der Waals surface area (Å²) in [6.07, 6.45) is 5.14. The molecule has 78 valence electrons. The lowest BCUT2D eigenvalue weighted by molar-refractivity contribution is -0.0441. The molecule has 0 N–H and O–H groups in total. The lowest BCUT2D eigenvalue weighted by Gasteiger charge is -2.11. The summed E-state index contributed by atoms with van der Waals surface area (Å²) in [6.45, 7) is 0. The van der Waals surface area contributed by atoms with Gasteiger partial charge in [-0.2, -0.15) is 12.6 Å². The number of unbranched alkanes of at least 4 members (excludes halogenated alkanes) is 3. The van der Waals surface area contributed by atoms with Gasteiger partial charge in [0.05, 0.1) is 0 Å². The largest absolute Gasteiger partial charge is 0.360 e. The average Bonchev–Trinajstić information content (AvgIpc) is 2.17. The highest BCUT2D eigenvalue weighted by atomic mass is 32.1. The standard InChI is InChI=1S/C9H20O2SSi/c1-10-9(11-2)13-8-6-4-3-5-7-12/h9,12H,3-8H2,1-2H3. The average molecular weight is 220 g/mol. The Labute approximate surface area is 89.6 Å². The van der Waals surface area contributed by atoms with Gasteiger partial charge in [0.2, 0.25) is 0 Å². The smallest absolute Gasteiger partial charge is 0.136 e. The number of rotatable bonds is 9. The summed E-state index contributed by atoms with van der Waals surface area (Å²) in [5, 5.41) is 0. The molecular formula is C9H20O2SSi. The predicted molar refractivity (Wildman–Crippen MR) is 60.7 cm³/mol. The van der Waals surface area contributed by atoms with E-state index in [4.69, 9.17) is 9.47 Å². The third-order valence-electron chi connectivity index (χ3n) is 1.82. The zero-order valence-corrected chi connectivity index (χ0v) is 10.5. The van der Waals surface area contributed by atoms with Crippen LogP contribution in [0.25, 0.3) is 0 Å². The molecule has 0 saturated carbocycles. The van der Waals surface area contributed by atoms with Crippen LogP contribution in [0.5, 0.6) is 0 Å². The molecule has 0 aliphatic heterocycles. The normalized spacial score (nSPS) is 11.1. The van der Waals surface area contributed by atoms with Crippen molar-refractivity contribution in [2.24, 2.45) is 0 Å². The summed E-state index contributed by atoms with van der Waals surface area (Å²) in [4.78, 5) is 0. The van der Waals surface area contributed by atoms with Gasteiger partial charge in [0.25, 0.3) is 0 Å². The SMILES string of the molecule is COC(OC)[Si]CCCCCCS. The predicted octanol–water partition coefficient (Wildman–Crippen LogP) is 2.18. The fourth-order valence-corrected chi connectivity index (χ4v) is 2.32. The molecule has 0 fully saturated rings. The molecule has 2 nitrogen and oxygen atoms in total. The molecule has 0 spiro atoms. The Morgan fingerprint density at radius 3 is 2.23 bits per heavy atom. The molecule has 0 aromatic rings. The molecule has 0 aliphatic rings. The van der Waals surface area contributed by atoms with Crippen LogP contribution in [-0.2, 0) is 9.47 Å². The fraction of sp³-hybridized carbons (Fsp3) is 1.00. The highest BCUT2D eigenvalue weighted by Crippen LogP contribution is 2.05. The second-order valence-corrected chi connectivity index (χ2v) is 4.72. The van der Waals surface area contributed by atoms with Crippen molar-refractivity contribution >= 4 is 22.1 Å². The minimum Gasteiger partial charge on any atom is -0.360 e. The number of ether oxygens (including phenoxy) is 2. The lowest BCUT2D eigenvalue weighted by atomic mass is 10.2. The lowest BCUT2D eigenvalue weighted by Crippen LogP contribution is -2.20. The van der Waals surface area contributed by atoms with Gasteiger partial charge in [0.15, 0.2) is 0 Å². The summed E-state index contributed by atoms with van der Waals surface area (Å²) in [7, 11) is 4.16. The van der Waals surface area contributed by atoms with Gasteiger partial charge in [-0.25, -0.2) is 0 Å². The van der Waals surface area contributed by atoms with Crippen LogP contribution >= 0.6 is 12.6 Å². The summed E-state index contributed by atoms with van der Waals surface area (Å²) in [6, 6.07) is 1.22. The molecule has 0 bridgehead atoms. The molecule has 0 rings (SSSR count). The van der Waals surface area contributed by atoms with E-state index in [-0.39, 0.29) is 5.91 Å². The van der Waals surface area contributed by atoms with Gasteiger partial charge in [0.1, 0.15) is 15.4 Å². The minimum atomic E-state index is 0.0184. The van der Waals surface area contributed by atoms with Gasteiger partial charge in [0, 0.05) is 14.2 Å². The van der Waals surface area contributed by atoms with Crippen molar-refractivity contribution in [1.82, 2.24) is 0 Å². The number of hydrogen-bond acceptors (Lipinski definition) is 3. The van der Waals surface area contributed by atoms with Crippen LogP contribution in [0, 0.1) is 0 Å². The van der Waals surface area contributed by atoms with Crippen LogP contribution < -0.4 is 0 Å². The first kappa shape index (κ1) is 13.5. The van der Waals surface area contributed by atoms with Crippen molar-refractivity contribution in [3.05, 3.63) is 0 Å². The van der Waals surface area contributed by atoms with E-state index in [1.807, 2.05) is 0 Å². The molecule has 0 aromatic heterocycles. The van der Waals surface area contributed by atoms with Crippen molar-refractivity contribution in [1.29, 1.82) is 0 Å². The highest BCUT2D eigenvalue weighted by Gasteiger charge is 2.04. The van der Waals surface area contributed by atoms with Crippen molar-refractivity contribution in [2.75, 3.05) is 20.0 Å². The first-order chi connectivity index (χ1) is 6.35. The molecular weight excluding hydrogens is 200 g/mol.